The van der Waals surface area contributed by atoms with Crippen molar-refractivity contribution in [3.63, 3.8) is 0 Å². The van der Waals surface area contributed by atoms with Gasteiger partial charge < -0.3 is 4.74 Å². The molecule has 3 N–H and O–H groups in total. The fourth-order valence-corrected chi connectivity index (χ4v) is 2.55. The van der Waals surface area contributed by atoms with Crippen LogP contribution in [0.1, 0.15) is 32.6 Å². The molecule has 0 radical (unpaired) electrons. The first-order valence-electron chi connectivity index (χ1n) is 6.56. The van der Waals surface area contributed by atoms with Crippen molar-refractivity contribution in [3.8, 4) is 0 Å². The van der Waals surface area contributed by atoms with Crippen LogP contribution in [0.4, 0.5) is 17.6 Å². The van der Waals surface area contributed by atoms with Crippen LogP contribution in [-0.2, 0) is 4.74 Å². The lowest BCUT2D eigenvalue weighted by molar-refractivity contribution is -0.168. The van der Waals surface area contributed by atoms with Crippen molar-refractivity contribution >= 4 is 0 Å². The number of rotatable bonds is 7. The highest BCUT2D eigenvalue weighted by Gasteiger charge is 2.41. The molecule has 1 rings (SSSR count). The van der Waals surface area contributed by atoms with Crippen LogP contribution < -0.4 is 11.3 Å². The molecule has 114 valence electrons. The quantitative estimate of drug-likeness (QED) is 0.429. The summed E-state index contributed by atoms with van der Waals surface area (Å²) in [4.78, 5) is 0. The lowest BCUT2D eigenvalue weighted by Gasteiger charge is -2.33. The van der Waals surface area contributed by atoms with Gasteiger partial charge in [-0.05, 0) is 24.7 Å². The minimum atomic E-state index is -4.10. The third-order valence-corrected chi connectivity index (χ3v) is 3.67. The zero-order valence-corrected chi connectivity index (χ0v) is 11.0. The Bertz CT molecular complexity index is 266. The maximum atomic E-state index is 12.7. The number of hydrogen-bond acceptors (Lipinski definition) is 3. The summed E-state index contributed by atoms with van der Waals surface area (Å²) < 4.78 is 54.0. The van der Waals surface area contributed by atoms with Gasteiger partial charge >= 0.3 is 12.3 Å². The van der Waals surface area contributed by atoms with Gasteiger partial charge in [0.1, 0.15) is 6.61 Å². The average Bonchev–Trinajstić information content (AvgIpc) is 2.34. The summed E-state index contributed by atoms with van der Waals surface area (Å²) in [5.74, 6) is 2.11. The number of alkyl halides is 4. The van der Waals surface area contributed by atoms with Gasteiger partial charge in [-0.1, -0.05) is 19.8 Å². The van der Waals surface area contributed by atoms with E-state index in [1.807, 2.05) is 0 Å². The summed E-state index contributed by atoms with van der Waals surface area (Å²) in [5.41, 5.74) is 2.55. The van der Waals surface area contributed by atoms with Gasteiger partial charge in [0.25, 0.3) is 0 Å². The highest BCUT2D eigenvalue weighted by atomic mass is 19.3. The molecule has 0 amide bonds. The smallest absolute Gasteiger partial charge is 0.330 e. The van der Waals surface area contributed by atoms with Gasteiger partial charge in [-0.3, -0.25) is 11.3 Å². The van der Waals surface area contributed by atoms with Crippen LogP contribution >= 0.6 is 0 Å². The molecule has 0 aliphatic heterocycles. The van der Waals surface area contributed by atoms with E-state index >= 15 is 0 Å². The summed E-state index contributed by atoms with van der Waals surface area (Å²) in [5, 5.41) is 0. The molecule has 7 heteroatoms. The van der Waals surface area contributed by atoms with Crippen LogP contribution in [0.25, 0.3) is 0 Å². The van der Waals surface area contributed by atoms with Crippen LogP contribution in [0, 0.1) is 11.8 Å². The second-order valence-corrected chi connectivity index (χ2v) is 5.38. The second kappa shape index (κ2) is 7.40. The third kappa shape index (κ3) is 5.24. The van der Waals surface area contributed by atoms with E-state index in [9.17, 15) is 17.6 Å². The number of nitrogens with one attached hydrogen (secondary N) is 1. The van der Waals surface area contributed by atoms with E-state index in [2.05, 4.69) is 12.3 Å². The average molecular weight is 286 g/mol. The van der Waals surface area contributed by atoms with Gasteiger partial charge in [-0.2, -0.15) is 8.78 Å². The maximum Gasteiger partial charge on any atom is 0.330 e. The fourth-order valence-electron chi connectivity index (χ4n) is 2.55. The fraction of sp³-hybridized carbons (Fsp3) is 1.00. The molecule has 0 saturated heterocycles. The lowest BCUT2D eigenvalue weighted by Crippen LogP contribution is -2.46. The molecule has 3 nitrogen and oxygen atoms in total. The normalized spacial score (nSPS) is 26.7. The Morgan fingerprint density at radius 2 is 2.05 bits per heavy atom. The molecule has 1 aliphatic rings. The van der Waals surface area contributed by atoms with Crippen molar-refractivity contribution in [2.24, 2.45) is 17.7 Å². The van der Waals surface area contributed by atoms with Crippen LogP contribution in [0.3, 0.4) is 0 Å². The summed E-state index contributed by atoms with van der Waals surface area (Å²) in [6, 6.07) is -0.267. The van der Waals surface area contributed by atoms with Crippen LogP contribution in [0.2, 0.25) is 0 Å². The van der Waals surface area contributed by atoms with Crippen molar-refractivity contribution in [2.45, 2.75) is 51.0 Å². The van der Waals surface area contributed by atoms with Crippen molar-refractivity contribution in [2.75, 3.05) is 13.2 Å². The van der Waals surface area contributed by atoms with E-state index in [0.29, 0.717) is 5.92 Å². The monoisotopic (exact) mass is 286 g/mol. The van der Waals surface area contributed by atoms with Crippen molar-refractivity contribution in [1.82, 2.24) is 5.43 Å². The Hall–Kier alpha value is -0.400. The molecule has 3 unspecified atom stereocenters. The molecule has 0 aromatic heterocycles. The van der Waals surface area contributed by atoms with Gasteiger partial charge in [0.05, 0.1) is 6.61 Å². The third-order valence-electron chi connectivity index (χ3n) is 3.67. The molecule has 1 saturated carbocycles. The van der Waals surface area contributed by atoms with Crippen LogP contribution in [0.15, 0.2) is 0 Å². The first-order valence-corrected chi connectivity index (χ1v) is 6.56. The van der Waals surface area contributed by atoms with Gasteiger partial charge in [-0.25, -0.2) is 8.78 Å². The first kappa shape index (κ1) is 16.7. The summed E-state index contributed by atoms with van der Waals surface area (Å²) in [6.07, 6.45) is 0.415. The first-order chi connectivity index (χ1) is 8.86. The topological polar surface area (TPSA) is 47.3 Å². The zero-order valence-electron chi connectivity index (χ0n) is 11.0. The molecular weight excluding hydrogens is 264 g/mol. The Balaban J connectivity index is 2.36. The lowest BCUT2D eigenvalue weighted by atomic mass is 9.79. The molecule has 0 heterocycles. The predicted octanol–water partition coefficient (Wildman–Crippen LogP) is 2.56. The second-order valence-electron chi connectivity index (χ2n) is 5.38. The molecule has 1 fully saturated rings. The number of halogens is 4. The molecule has 0 bridgehead atoms. The Morgan fingerprint density at radius 3 is 2.58 bits per heavy atom. The maximum absolute atomic E-state index is 12.7. The van der Waals surface area contributed by atoms with Gasteiger partial charge in [-0.15, -0.1) is 0 Å². The molecule has 0 spiro atoms. The number of hydrazine groups is 1. The van der Waals surface area contributed by atoms with E-state index in [-0.39, 0.29) is 18.6 Å². The number of nitrogens with two attached hydrogens (primary N) is 1. The molecule has 3 atom stereocenters. The largest absolute Gasteiger partial charge is 0.373 e. The standard InChI is InChI=1S/C12H22F4N2O/c1-8-3-2-4-9(5-8)10(18-17)6-19-7-12(15,16)11(13)14/h8-11,18H,2-7,17H2,1H3. The highest BCUT2D eigenvalue weighted by molar-refractivity contribution is 4.80. The van der Waals surface area contributed by atoms with Crippen molar-refractivity contribution < 1.29 is 22.3 Å². The Kier molecular flexibility index (Phi) is 6.49. The molecule has 19 heavy (non-hydrogen) atoms. The summed E-state index contributed by atoms with van der Waals surface area (Å²) >= 11 is 0. The van der Waals surface area contributed by atoms with Crippen LogP contribution in [-0.4, -0.2) is 31.6 Å². The minimum Gasteiger partial charge on any atom is -0.373 e. The number of ether oxygens (including phenoxy) is 1. The SMILES string of the molecule is CC1CCCC(C(COCC(F)(F)C(F)F)NN)C1. The molecule has 0 aromatic rings. The van der Waals surface area contributed by atoms with Crippen molar-refractivity contribution in [3.05, 3.63) is 0 Å². The highest BCUT2D eigenvalue weighted by Crippen LogP contribution is 2.31. The summed E-state index contributed by atoms with van der Waals surface area (Å²) in [6.45, 7) is 0.785. The minimum absolute atomic E-state index is 0.0732. The number of hydrogen-bond donors (Lipinski definition) is 2. The van der Waals surface area contributed by atoms with Crippen LogP contribution in [0.5, 0.6) is 0 Å². The van der Waals surface area contributed by atoms with E-state index in [4.69, 9.17) is 10.6 Å². The zero-order chi connectivity index (χ0) is 14.5. The van der Waals surface area contributed by atoms with E-state index in [1.165, 1.54) is 0 Å². The summed E-state index contributed by atoms with van der Waals surface area (Å²) in [7, 11) is 0. The molecule has 0 aromatic carbocycles. The molecule has 1 aliphatic carbocycles. The Labute approximate surface area is 110 Å². The Morgan fingerprint density at radius 1 is 1.37 bits per heavy atom. The van der Waals surface area contributed by atoms with Gasteiger partial charge in [0.15, 0.2) is 0 Å². The van der Waals surface area contributed by atoms with Gasteiger partial charge in [0, 0.05) is 6.04 Å². The van der Waals surface area contributed by atoms with E-state index < -0.39 is 19.0 Å². The van der Waals surface area contributed by atoms with Gasteiger partial charge in [0.2, 0.25) is 0 Å². The van der Waals surface area contributed by atoms with E-state index in [1.54, 1.807) is 0 Å². The predicted molar refractivity (Wildman–Crippen MR) is 64.0 cm³/mol. The van der Waals surface area contributed by atoms with Crippen molar-refractivity contribution in [1.29, 1.82) is 0 Å². The van der Waals surface area contributed by atoms with E-state index in [0.717, 1.165) is 25.7 Å². The molecular formula is C12H22F4N2O.